The Morgan fingerprint density at radius 3 is 2.44 bits per heavy atom. The number of fused-ring (bicyclic) bond motifs is 1. The Bertz CT molecular complexity index is 1130. The van der Waals surface area contributed by atoms with Gasteiger partial charge in [0, 0.05) is 43.0 Å². The topological polar surface area (TPSA) is 110 Å². The van der Waals surface area contributed by atoms with Crippen LogP contribution in [-0.2, 0) is 11.2 Å². The lowest BCUT2D eigenvalue weighted by atomic mass is 9.78. The zero-order valence-corrected chi connectivity index (χ0v) is 21.0. The Hall–Kier alpha value is -3.75. The predicted octanol–water partition coefficient (Wildman–Crippen LogP) is 4.09. The van der Waals surface area contributed by atoms with Crippen LogP contribution in [0.1, 0.15) is 30.4 Å². The number of ether oxygens (including phenoxy) is 3. The molecule has 0 radical (unpaired) electrons. The number of aliphatic imine (C=N–C) groups is 1. The molecule has 192 valence electrons. The number of likely N-dealkylation sites (tertiary alicyclic amines) is 1. The van der Waals surface area contributed by atoms with Gasteiger partial charge in [-0.2, -0.15) is 0 Å². The van der Waals surface area contributed by atoms with Gasteiger partial charge in [-0.25, -0.2) is 4.79 Å². The summed E-state index contributed by atoms with van der Waals surface area (Å²) in [6.45, 7) is 1.63. The van der Waals surface area contributed by atoms with Crippen molar-refractivity contribution in [3.8, 4) is 17.2 Å². The van der Waals surface area contributed by atoms with E-state index in [2.05, 4.69) is 5.32 Å². The summed E-state index contributed by atoms with van der Waals surface area (Å²) in [5.74, 6) is 1.14. The summed E-state index contributed by atoms with van der Waals surface area (Å²) in [5, 5.41) is 12.5. The maximum absolute atomic E-state index is 13.0. The lowest BCUT2D eigenvalue weighted by Crippen LogP contribution is -2.46. The van der Waals surface area contributed by atoms with Crippen LogP contribution in [0.2, 0.25) is 0 Å². The van der Waals surface area contributed by atoms with Gasteiger partial charge in [0.15, 0.2) is 11.5 Å². The quantitative estimate of drug-likeness (QED) is 0.571. The predicted molar refractivity (Wildman–Crippen MR) is 137 cm³/mol. The third-order valence-corrected chi connectivity index (χ3v) is 7.02. The molecule has 2 N–H and O–H groups in total. The van der Waals surface area contributed by atoms with Crippen LogP contribution in [0, 0.1) is 11.8 Å². The van der Waals surface area contributed by atoms with E-state index in [0.29, 0.717) is 55.4 Å². The van der Waals surface area contributed by atoms with E-state index in [1.807, 2.05) is 12.1 Å². The lowest BCUT2D eigenvalue weighted by Gasteiger charge is -2.38. The van der Waals surface area contributed by atoms with Crippen molar-refractivity contribution in [2.75, 3.05) is 46.3 Å². The van der Waals surface area contributed by atoms with Crippen molar-refractivity contribution in [3.05, 3.63) is 47.5 Å². The number of methoxy groups -OCH3 is 3. The van der Waals surface area contributed by atoms with Crippen LogP contribution in [0.4, 0.5) is 10.5 Å². The maximum Gasteiger partial charge on any atom is 0.321 e. The van der Waals surface area contributed by atoms with Gasteiger partial charge < -0.3 is 29.5 Å². The highest BCUT2D eigenvalue weighted by molar-refractivity contribution is 6.03. The fraction of sp³-hybridized carbons (Fsp3) is 0.444. The molecule has 2 aromatic carbocycles. The molecule has 9 heteroatoms. The van der Waals surface area contributed by atoms with E-state index >= 15 is 0 Å². The Labute approximate surface area is 211 Å². The summed E-state index contributed by atoms with van der Waals surface area (Å²) in [4.78, 5) is 31.2. The van der Waals surface area contributed by atoms with Gasteiger partial charge in [-0.15, -0.1) is 0 Å². The van der Waals surface area contributed by atoms with Crippen molar-refractivity contribution in [1.29, 1.82) is 0 Å². The number of anilines is 1. The number of piperidine rings is 1. The zero-order chi connectivity index (χ0) is 25.7. The number of carboxylic acids is 1. The molecule has 0 saturated carbocycles. The molecule has 0 aromatic heterocycles. The average Bonchev–Trinajstić information content (AvgIpc) is 2.89. The van der Waals surface area contributed by atoms with E-state index in [4.69, 9.17) is 19.2 Å². The number of amides is 2. The van der Waals surface area contributed by atoms with Gasteiger partial charge in [0.25, 0.3) is 0 Å². The summed E-state index contributed by atoms with van der Waals surface area (Å²) >= 11 is 0. The number of hydrogen-bond donors (Lipinski definition) is 2. The second kappa shape index (κ2) is 11.3. The Morgan fingerprint density at radius 2 is 1.78 bits per heavy atom. The molecular weight excluding hydrogens is 462 g/mol. The van der Waals surface area contributed by atoms with Crippen LogP contribution in [0.15, 0.2) is 41.4 Å². The molecule has 2 aromatic rings. The molecular formula is C27H33N3O6. The molecule has 2 aliphatic rings. The molecule has 2 atom stereocenters. The SMILES string of the molecule is COc1ccc(NC(=O)N2CCC(CC(=O)O)C(CC3=NCCc4cc(OC)c(OC)cc43)C2)cc1. The van der Waals surface area contributed by atoms with Crippen LogP contribution < -0.4 is 19.5 Å². The fourth-order valence-electron chi connectivity index (χ4n) is 5.08. The smallest absolute Gasteiger partial charge is 0.321 e. The van der Waals surface area contributed by atoms with Gasteiger partial charge in [-0.05, 0) is 73.1 Å². The van der Waals surface area contributed by atoms with Gasteiger partial charge >= 0.3 is 12.0 Å². The molecule has 2 amide bonds. The third-order valence-electron chi connectivity index (χ3n) is 7.02. The number of rotatable bonds is 8. The van der Waals surface area contributed by atoms with Crippen LogP contribution in [0.25, 0.3) is 0 Å². The molecule has 2 unspecified atom stereocenters. The number of nitrogens with one attached hydrogen (secondary N) is 1. The number of aliphatic carboxylic acids is 1. The second-order valence-corrected chi connectivity index (χ2v) is 9.16. The summed E-state index contributed by atoms with van der Waals surface area (Å²) in [5.41, 5.74) is 3.75. The van der Waals surface area contributed by atoms with E-state index < -0.39 is 5.97 Å². The highest BCUT2D eigenvalue weighted by Gasteiger charge is 2.34. The van der Waals surface area contributed by atoms with Crippen LogP contribution in [0.3, 0.4) is 0 Å². The summed E-state index contributed by atoms with van der Waals surface area (Å²) in [7, 11) is 4.82. The van der Waals surface area contributed by atoms with Gasteiger partial charge in [-0.3, -0.25) is 9.79 Å². The maximum atomic E-state index is 13.0. The highest BCUT2D eigenvalue weighted by atomic mass is 16.5. The monoisotopic (exact) mass is 495 g/mol. The fourth-order valence-corrected chi connectivity index (χ4v) is 5.08. The molecule has 36 heavy (non-hydrogen) atoms. The number of hydrogen-bond acceptors (Lipinski definition) is 6. The van der Waals surface area contributed by atoms with Crippen molar-refractivity contribution >= 4 is 23.4 Å². The van der Waals surface area contributed by atoms with E-state index in [0.717, 1.165) is 23.3 Å². The largest absolute Gasteiger partial charge is 0.497 e. The molecule has 0 aliphatic carbocycles. The molecule has 1 saturated heterocycles. The molecule has 0 spiro atoms. The first kappa shape index (κ1) is 25.3. The number of urea groups is 1. The lowest BCUT2D eigenvalue weighted by molar-refractivity contribution is -0.138. The molecule has 9 nitrogen and oxygen atoms in total. The Morgan fingerprint density at radius 1 is 1.06 bits per heavy atom. The number of carboxylic acid groups (broad SMARTS) is 1. The summed E-state index contributed by atoms with van der Waals surface area (Å²) in [6, 6.07) is 10.9. The number of carbonyl (C=O) groups excluding carboxylic acids is 1. The minimum absolute atomic E-state index is 0.0331. The first-order chi connectivity index (χ1) is 17.4. The van der Waals surface area contributed by atoms with Crippen molar-refractivity contribution in [2.24, 2.45) is 16.8 Å². The number of nitrogens with zero attached hydrogens (tertiary/aromatic N) is 2. The summed E-state index contributed by atoms with van der Waals surface area (Å²) < 4.78 is 16.1. The molecule has 2 heterocycles. The van der Waals surface area contributed by atoms with E-state index in [1.165, 1.54) is 0 Å². The van der Waals surface area contributed by atoms with Gasteiger partial charge in [0.05, 0.1) is 21.3 Å². The van der Waals surface area contributed by atoms with Gasteiger partial charge in [0.2, 0.25) is 0 Å². The second-order valence-electron chi connectivity index (χ2n) is 9.16. The normalized spacial score (nSPS) is 19.1. The van der Waals surface area contributed by atoms with Crippen LogP contribution in [0.5, 0.6) is 17.2 Å². The molecule has 4 rings (SSSR count). The minimum atomic E-state index is -0.821. The minimum Gasteiger partial charge on any atom is -0.497 e. The average molecular weight is 496 g/mol. The van der Waals surface area contributed by atoms with E-state index in [-0.39, 0.29) is 24.3 Å². The third kappa shape index (κ3) is 5.72. The van der Waals surface area contributed by atoms with Crippen molar-refractivity contribution in [2.45, 2.75) is 25.7 Å². The molecule has 2 aliphatic heterocycles. The van der Waals surface area contributed by atoms with Gasteiger partial charge in [0.1, 0.15) is 5.75 Å². The van der Waals surface area contributed by atoms with E-state index in [9.17, 15) is 14.7 Å². The summed E-state index contributed by atoms with van der Waals surface area (Å²) in [6.07, 6.45) is 2.09. The highest BCUT2D eigenvalue weighted by Crippen LogP contribution is 2.36. The zero-order valence-electron chi connectivity index (χ0n) is 21.0. The van der Waals surface area contributed by atoms with Crippen LogP contribution in [-0.4, -0.2) is 68.7 Å². The Balaban J connectivity index is 1.52. The van der Waals surface area contributed by atoms with E-state index in [1.54, 1.807) is 50.5 Å². The number of benzene rings is 2. The Kier molecular flexibility index (Phi) is 7.97. The first-order valence-corrected chi connectivity index (χ1v) is 12.1. The van der Waals surface area contributed by atoms with Crippen molar-refractivity contribution in [3.63, 3.8) is 0 Å². The van der Waals surface area contributed by atoms with Crippen LogP contribution >= 0.6 is 0 Å². The molecule has 1 fully saturated rings. The standard InChI is InChI=1S/C27H33N3O6/c1-34-21-6-4-20(5-7-21)29-27(33)30-11-9-17(14-26(31)32)19(16-30)12-23-22-15-25(36-3)24(35-2)13-18(22)8-10-28-23/h4-7,13,15,17,19H,8-12,14,16H2,1-3H3,(H,29,33)(H,31,32). The van der Waals surface area contributed by atoms with Gasteiger partial charge in [-0.1, -0.05) is 0 Å². The molecule has 0 bridgehead atoms. The first-order valence-electron chi connectivity index (χ1n) is 12.1. The van der Waals surface area contributed by atoms with Crippen molar-refractivity contribution < 1.29 is 28.9 Å². The number of carbonyl (C=O) groups is 2. The van der Waals surface area contributed by atoms with Crippen molar-refractivity contribution in [1.82, 2.24) is 4.90 Å².